The molecule has 25 heavy (non-hydrogen) atoms. The van der Waals surface area contributed by atoms with E-state index >= 15 is 0 Å². The molecule has 4 aromatic rings. The number of nitrogens with one attached hydrogen (secondary N) is 1. The van der Waals surface area contributed by atoms with Crippen LogP contribution in [0.3, 0.4) is 0 Å². The maximum atomic E-state index is 12.4. The van der Waals surface area contributed by atoms with Crippen molar-refractivity contribution in [3.8, 4) is 5.69 Å². The number of aromatic nitrogens is 3. The zero-order valence-electron chi connectivity index (χ0n) is 14.1. The SMILES string of the molecule is Cc1c(C(=O)Nc2ccc(-n3ncc4ccccc43)cc2)ccn1C. The third-order valence-electron chi connectivity index (χ3n) is 4.48. The Morgan fingerprint density at radius 1 is 1.04 bits per heavy atom. The fourth-order valence-electron chi connectivity index (χ4n) is 2.91. The molecule has 2 aromatic carbocycles. The molecule has 0 radical (unpaired) electrons. The Labute approximate surface area is 145 Å². The first-order chi connectivity index (χ1) is 12.1. The minimum absolute atomic E-state index is 0.101. The van der Waals surface area contributed by atoms with E-state index in [0.717, 1.165) is 28.0 Å². The predicted molar refractivity (Wildman–Crippen MR) is 99.2 cm³/mol. The van der Waals surface area contributed by atoms with Crippen LogP contribution in [-0.2, 0) is 7.05 Å². The highest BCUT2D eigenvalue weighted by atomic mass is 16.1. The molecular weight excluding hydrogens is 312 g/mol. The summed E-state index contributed by atoms with van der Waals surface area (Å²) in [6.45, 7) is 1.93. The molecule has 0 atom stereocenters. The van der Waals surface area contributed by atoms with Crippen molar-refractivity contribution < 1.29 is 4.79 Å². The number of nitrogens with zero attached hydrogens (tertiary/aromatic N) is 3. The fraction of sp³-hybridized carbons (Fsp3) is 0.100. The molecule has 2 heterocycles. The molecule has 5 heteroatoms. The molecule has 5 nitrogen and oxygen atoms in total. The van der Waals surface area contributed by atoms with E-state index in [0.29, 0.717) is 5.56 Å². The molecule has 0 unspecified atom stereocenters. The summed E-state index contributed by atoms with van der Waals surface area (Å²) in [7, 11) is 1.93. The van der Waals surface area contributed by atoms with Gasteiger partial charge in [-0.3, -0.25) is 4.79 Å². The summed E-state index contributed by atoms with van der Waals surface area (Å²) in [6.07, 6.45) is 3.74. The van der Waals surface area contributed by atoms with Crippen LogP contribution >= 0.6 is 0 Å². The second kappa shape index (κ2) is 5.94. The van der Waals surface area contributed by atoms with Gasteiger partial charge in [0.25, 0.3) is 5.91 Å². The van der Waals surface area contributed by atoms with Crippen LogP contribution in [0.5, 0.6) is 0 Å². The van der Waals surface area contributed by atoms with Gasteiger partial charge in [-0.05, 0) is 43.3 Å². The van der Waals surface area contributed by atoms with Crippen LogP contribution < -0.4 is 5.32 Å². The molecule has 0 aliphatic heterocycles. The molecule has 1 N–H and O–H groups in total. The number of para-hydroxylation sites is 1. The second-order valence-corrected chi connectivity index (χ2v) is 6.04. The summed E-state index contributed by atoms with van der Waals surface area (Å²) in [5.74, 6) is -0.101. The lowest BCUT2D eigenvalue weighted by atomic mass is 10.2. The highest BCUT2D eigenvalue weighted by molar-refractivity contribution is 6.05. The largest absolute Gasteiger partial charge is 0.354 e. The molecule has 4 rings (SSSR count). The van der Waals surface area contributed by atoms with Crippen molar-refractivity contribution in [2.45, 2.75) is 6.92 Å². The molecule has 0 aliphatic carbocycles. The van der Waals surface area contributed by atoms with Crippen LogP contribution in [0.2, 0.25) is 0 Å². The van der Waals surface area contributed by atoms with Crippen molar-refractivity contribution in [2.75, 3.05) is 5.32 Å². The first-order valence-electron chi connectivity index (χ1n) is 8.10. The second-order valence-electron chi connectivity index (χ2n) is 6.04. The Kier molecular flexibility index (Phi) is 3.61. The topological polar surface area (TPSA) is 51.9 Å². The van der Waals surface area contributed by atoms with Gasteiger partial charge in [0.15, 0.2) is 0 Å². The molecule has 0 spiro atoms. The Morgan fingerprint density at radius 2 is 1.80 bits per heavy atom. The lowest BCUT2D eigenvalue weighted by Crippen LogP contribution is -2.13. The number of rotatable bonds is 3. The quantitative estimate of drug-likeness (QED) is 0.619. The molecule has 0 fully saturated rings. The van der Waals surface area contributed by atoms with E-state index < -0.39 is 0 Å². The molecular formula is C20H18N4O. The lowest BCUT2D eigenvalue weighted by Gasteiger charge is -2.08. The number of hydrogen-bond acceptors (Lipinski definition) is 2. The maximum absolute atomic E-state index is 12.4. The van der Waals surface area contributed by atoms with E-state index in [1.54, 1.807) is 0 Å². The summed E-state index contributed by atoms with van der Waals surface area (Å²) >= 11 is 0. The predicted octanol–water partition coefficient (Wildman–Crippen LogP) is 3.92. The van der Waals surface area contributed by atoms with E-state index in [1.807, 2.05) is 90.2 Å². The third-order valence-corrected chi connectivity index (χ3v) is 4.48. The molecule has 0 bridgehead atoms. The van der Waals surface area contributed by atoms with E-state index in [2.05, 4.69) is 10.4 Å². The number of carbonyl (C=O) groups excluding carboxylic acids is 1. The lowest BCUT2D eigenvalue weighted by molar-refractivity contribution is 0.102. The highest BCUT2D eigenvalue weighted by Crippen LogP contribution is 2.20. The molecule has 0 saturated heterocycles. The van der Waals surface area contributed by atoms with Gasteiger partial charge in [0.1, 0.15) is 0 Å². The number of hydrogen-bond donors (Lipinski definition) is 1. The molecule has 2 aromatic heterocycles. The first kappa shape index (κ1) is 15.2. The Balaban J connectivity index is 1.58. The number of amides is 1. The monoisotopic (exact) mass is 330 g/mol. The first-order valence-corrected chi connectivity index (χ1v) is 8.10. The molecule has 0 aliphatic rings. The maximum Gasteiger partial charge on any atom is 0.257 e. The van der Waals surface area contributed by atoms with Crippen molar-refractivity contribution >= 4 is 22.5 Å². The number of carbonyl (C=O) groups is 1. The van der Waals surface area contributed by atoms with Crippen molar-refractivity contribution in [2.24, 2.45) is 7.05 Å². The van der Waals surface area contributed by atoms with Crippen molar-refractivity contribution in [3.63, 3.8) is 0 Å². The number of anilines is 1. The van der Waals surface area contributed by atoms with Crippen LogP contribution in [0.4, 0.5) is 5.69 Å². The minimum atomic E-state index is -0.101. The number of fused-ring (bicyclic) bond motifs is 1. The van der Waals surface area contributed by atoms with Gasteiger partial charge in [-0.1, -0.05) is 18.2 Å². The summed E-state index contributed by atoms with van der Waals surface area (Å²) in [5.41, 5.74) is 4.39. The van der Waals surface area contributed by atoms with Gasteiger partial charge in [-0.15, -0.1) is 0 Å². The number of aryl methyl sites for hydroxylation is 1. The summed E-state index contributed by atoms with van der Waals surface area (Å²) in [5, 5.41) is 8.48. The standard InChI is InChI=1S/C20H18N4O/c1-14-18(11-12-23(14)2)20(25)22-16-7-9-17(10-8-16)24-19-6-4-3-5-15(19)13-21-24/h3-13H,1-2H3,(H,22,25). The Morgan fingerprint density at radius 3 is 2.52 bits per heavy atom. The van der Waals surface area contributed by atoms with Crippen LogP contribution in [0.15, 0.2) is 67.0 Å². The van der Waals surface area contributed by atoms with E-state index in [4.69, 9.17) is 0 Å². The van der Waals surface area contributed by atoms with Crippen LogP contribution in [0, 0.1) is 6.92 Å². The normalized spacial score (nSPS) is 11.0. The summed E-state index contributed by atoms with van der Waals surface area (Å²) in [6, 6.07) is 17.6. The van der Waals surface area contributed by atoms with Crippen molar-refractivity contribution in [3.05, 3.63) is 78.2 Å². The van der Waals surface area contributed by atoms with Crippen LogP contribution in [0.25, 0.3) is 16.6 Å². The fourth-order valence-corrected chi connectivity index (χ4v) is 2.91. The van der Waals surface area contributed by atoms with Gasteiger partial charge in [0.05, 0.1) is 23.0 Å². The van der Waals surface area contributed by atoms with Gasteiger partial charge in [0.2, 0.25) is 0 Å². The van der Waals surface area contributed by atoms with Gasteiger partial charge >= 0.3 is 0 Å². The van der Waals surface area contributed by atoms with Crippen LogP contribution in [-0.4, -0.2) is 20.3 Å². The molecule has 124 valence electrons. The van der Waals surface area contributed by atoms with Gasteiger partial charge in [-0.25, -0.2) is 4.68 Å². The van der Waals surface area contributed by atoms with E-state index in [9.17, 15) is 4.79 Å². The van der Waals surface area contributed by atoms with Crippen LogP contribution in [0.1, 0.15) is 16.1 Å². The third kappa shape index (κ3) is 2.70. The summed E-state index contributed by atoms with van der Waals surface area (Å²) in [4.78, 5) is 12.4. The zero-order valence-corrected chi connectivity index (χ0v) is 14.1. The average molecular weight is 330 g/mol. The Bertz CT molecular complexity index is 1060. The Hall–Kier alpha value is -3.34. The number of benzene rings is 2. The molecule has 1 amide bonds. The average Bonchev–Trinajstić information content (AvgIpc) is 3.20. The van der Waals surface area contributed by atoms with Gasteiger partial charge in [0, 0.05) is 30.0 Å². The van der Waals surface area contributed by atoms with E-state index in [-0.39, 0.29) is 5.91 Å². The highest BCUT2D eigenvalue weighted by Gasteiger charge is 2.12. The van der Waals surface area contributed by atoms with Crippen molar-refractivity contribution in [1.82, 2.24) is 14.3 Å². The van der Waals surface area contributed by atoms with E-state index in [1.165, 1.54) is 0 Å². The van der Waals surface area contributed by atoms with Crippen molar-refractivity contribution in [1.29, 1.82) is 0 Å². The smallest absolute Gasteiger partial charge is 0.257 e. The van der Waals surface area contributed by atoms with Gasteiger partial charge < -0.3 is 9.88 Å². The van der Waals surface area contributed by atoms with Gasteiger partial charge in [-0.2, -0.15) is 5.10 Å². The minimum Gasteiger partial charge on any atom is -0.354 e. The zero-order chi connectivity index (χ0) is 17.4. The molecule has 0 saturated carbocycles. The summed E-state index contributed by atoms with van der Waals surface area (Å²) < 4.78 is 3.82.